The third-order valence-corrected chi connectivity index (χ3v) is 6.72. The van der Waals surface area contributed by atoms with Crippen molar-refractivity contribution in [3.63, 3.8) is 0 Å². The average Bonchev–Trinajstić information content (AvgIpc) is 3.28. The molecule has 3 rings (SSSR count). The second kappa shape index (κ2) is 5.74. The third-order valence-electron chi connectivity index (χ3n) is 4.63. The first-order valence-corrected chi connectivity index (χ1v) is 9.81. The lowest BCUT2D eigenvalue weighted by molar-refractivity contribution is 0.582. The van der Waals surface area contributed by atoms with Gasteiger partial charge in [-0.3, -0.25) is 0 Å². The lowest BCUT2D eigenvalue weighted by Gasteiger charge is -2.13. The van der Waals surface area contributed by atoms with E-state index in [1.807, 2.05) is 25.1 Å². The molecule has 1 atom stereocenters. The number of benzene rings is 1. The Kier molecular flexibility index (Phi) is 4.04. The van der Waals surface area contributed by atoms with Gasteiger partial charge in [-0.1, -0.05) is 13.0 Å². The minimum atomic E-state index is -3.22. The molecule has 1 saturated carbocycles. The van der Waals surface area contributed by atoms with E-state index in [1.54, 1.807) is 18.5 Å². The first-order valence-electron chi connectivity index (χ1n) is 8.09. The van der Waals surface area contributed by atoms with Crippen LogP contribution in [0.2, 0.25) is 0 Å². The Balaban J connectivity index is 2.13. The Morgan fingerprint density at radius 1 is 1.26 bits per heavy atom. The number of hydrogen-bond donors (Lipinski definition) is 0. The molecular formula is C17H23N3O2S. The standard InChI is InChI=1S/C17H23N3O2S/c1-5-23(21,22)13(4)17-18-16(14-7-8-14)19-20(17)15-9-6-11(2)12(3)10-15/h6,9-10,13-14H,5,7-8H2,1-4H3/t13-/m0/s1. The Morgan fingerprint density at radius 2 is 1.96 bits per heavy atom. The quantitative estimate of drug-likeness (QED) is 0.842. The number of hydrogen-bond acceptors (Lipinski definition) is 4. The topological polar surface area (TPSA) is 64.8 Å². The molecule has 23 heavy (non-hydrogen) atoms. The first-order chi connectivity index (χ1) is 10.8. The molecule has 0 N–H and O–H groups in total. The fourth-order valence-corrected chi connectivity index (χ4v) is 3.55. The molecule has 0 unspecified atom stereocenters. The molecule has 1 aliphatic carbocycles. The third kappa shape index (κ3) is 3.04. The van der Waals surface area contributed by atoms with Crippen LogP contribution >= 0.6 is 0 Å². The molecule has 0 radical (unpaired) electrons. The zero-order chi connectivity index (χ0) is 16.8. The normalized spacial score (nSPS) is 16.5. The molecule has 0 amide bonds. The average molecular weight is 333 g/mol. The first kappa shape index (κ1) is 16.2. The van der Waals surface area contributed by atoms with E-state index >= 15 is 0 Å². The van der Waals surface area contributed by atoms with Crippen molar-refractivity contribution in [3.05, 3.63) is 41.0 Å². The van der Waals surface area contributed by atoms with Gasteiger partial charge in [0.25, 0.3) is 0 Å². The van der Waals surface area contributed by atoms with Gasteiger partial charge in [0.1, 0.15) is 5.25 Å². The second-order valence-corrected chi connectivity index (χ2v) is 8.99. The summed E-state index contributed by atoms with van der Waals surface area (Å²) in [5, 5.41) is 3.96. The van der Waals surface area contributed by atoms with Crippen LogP contribution in [0.15, 0.2) is 18.2 Å². The van der Waals surface area contributed by atoms with Gasteiger partial charge in [0.05, 0.1) is 5.69 Å². The van der Waals surface area contributed by atoms with Crippen molar-refractivity contribution in [2.75, 3.05) is 5.75 Å². The van der Waals surface area contributed by atoms with Crippen molar-refractivity contribution < 1.29 is 8.42 Å². The zero-order valence-electron chi connectivity index (χ0n) is 14.1. The van der Waals surface area contributed by atoms with E-state index in [4.69, 9.17) is 0 Å². The van der Waals surface area contributed by atoms with Gasteiger partial charge in [0.2, 0.25) is 0 Å². The highest BCUT2D eigenvalue weighted by Crippen LogP contribution is 2.39. The van der Waals surface area contributed by atoms with Crippen LogP contribution in [0, 0.1) is 13.8 Å². The minimum Gasteiger partial charge on any atom is -0.228 e. The van der Waals surface area contributed by atoms with Gasteiger partial charge in [-0.05, 0) is 56.9 Å². The maximum absolute atomic E-state index is 12.3. The van der Waals surface area contributed by atoms with Crippen LogP contribution < -0.4 is 0 Å². The van der Waals surface area contributed by atoms with Crippen molar-refractivity contribution in [2.45, 2.75) is 51.7 Å². The molecule has 1 fully saturated rings. The Hall–Kier alpha value is -1.69. The summed E-state index contributed by atoms with van der Waals surface area (Å²) in [6.45, 7) is 7.48. The van der Waals surface area contributed by atoms with Crippen LogP contribution in [0.1, 0.15) is 60.6 Å². The molecule has 2 aromatic rings. The summed E-state index contributed by atoms with van der Waals surface area (Å²) in [5.74, 6) is 1.79. The summed E-state index contributed by atoms with van der Waals surface area (Å²) in [5.41, 5.74) is 3.23. The van der Waals surface area contributed by atoms with Gasteiger partial charge in [-0.25, -0.2) is 18.1 Å². The predicted octanol–water partition coefficient (Wildman–Crippen LogP) is 3.26. The fraction of sp³-hybridized carbons (Fsp3) is 0.529. The number of rotatable bonds is 5. The van der Waals surface area contributed by atoms with E-state index in [9.17, 15) is 8.42 Å². The second-order valence-electron chi connectivity index (χ2n) is 6.38. The highest BCUT2D eigenvalue weighted by molar-refractivity contribution is 7.91. The largest absolute Gasteiger partial charge is 0.228 e. The lowest BCUT2D eigenvalue weighted by atomic mass is 10.1. The summed E-state index contributed by atoms with van der Waals surface area (Å²) < 4.78 is 26.4. The molecule has 0 saturated heterocycles. The van der Waals surface area contributed by atoms with E-state index in [1.165, 1.54) is 5.56 Å². The van der Waals surface area contributed by atoms with Crippen LogP contribution in [-0.4, -0.2) is 28.9 Å². The highest BCUT2D eigenvalue weighted by atomic mass is 32.2. The van der Waals surface area contributed by atoms with E-state index in [0.717, 1.165) is 29.9 Å². The number of nitrogens with zero attached hydrogens (tertiary/aromatic N) is 3. The summed E-state index contributed by atoms with van der Waals surface area (Å²) in [7, 11) is -3.22. The van der Waals surface area contributed by atoms with Gasteiger partial charge in [0, 0.05) is 11.7 Å². The van der Waals surface area contributed by atoms with Crippen molar-refractivity contribution in [1.29, 1.82) is 0 Å². The Labute approximate surface area is 137 Å². The summed E-state index contributed by atoms with van der Waals surface area (Å²) in [6.07, 6.45) is 2.18. The lowest BCUT2D eigenvalue weighted by Crippen LogP contribution is -2.17. The number of aromatic nitrogens is 3. The number of sulfone groups is 1. The van der Waals surface area contributed by atoms with E-state index in [0.29, 0.717) is 11.7 Å². The summed E-state index contributed by atoms with van der Waals surface area (Å²) in [6, 6.07) is 6.05. The fourth-order valence-electron chi connectivity index (χ4n) is 2.58. The maximum atomic E-state index is 12.3. The minimum absolute atomic E-state index is 0.104. The van der Waals surface area contributed by atoms with Crippen molar-refractivity contribution in [3.8, 4) is 5.69 Å². The predicted molar refractivity (Wildman–Crippen MR) is 90.7 cm³/mol. The van der Waals surface area contributed by atoms with Crippen LogP contribution in [0.3, 0.4) is 0 Å². The highest BCUT2D eigenvalue weighted by Gasteiger charge is 2.33. The molecule has 6 heteroatoms. The molecule has 1 heterocycles. The molecular weight excluding hydrogens is 310 g/mol. The molecule has 0 spiro atoms. The Bertz CT molecular complexity index is 836. The van der Waals surface area contributed by atoms with Crippen LogP contribution in [-0.2, 0) is 9.84 Å². The van der Waals surface area contributed by atoms with E-state index < -0.39 is 15.1 Å². The van der Waals surface area contributed by atoms with Crippen LogP contribution in [0.4, 0.5) is 0 Å². The molecule has 1 aromatic carbocycles. The van der Waals surface area contributed by atoms with Crippen molar-refractivity contribution >= 4 is 9.84 Å². The molecule has 5 nitrogen and oxygen atoms in total. The zero-order valence-corrected chi connectivity index (χ0v) is 14.9. The molecule has 0 bridgehead atoms. The van der Waals surface area contributed by atoms with Gasteiger partial charge < -0.3 is 0 Å². The van der Waals surface area contributed by atoms with Crippen LogP contribution in [0.25, 0.3) is 5.69 Å². The van der Waals surface area contributed by atoms with Gasteiger partial charge in [0.15, 0.2) is 21.5 Å². The monoisotopic (exact) mass is 333 g/mol. The van der Waals surface area contributed by atoms with Gasteiger partial charge in [-0.15, -0.1) is 0 Å². The molecule has 0 aliphatic heterocycles. The summed E-state index contributed by atoms with van der Waals surface area (Å²) in [4.78, 5) is 4.59. The van der Waals surface area contributed by atoms with Gasteiger partial charge >= 0.3 is 0 Å². The molecule has 1 aliphatic rings. The van der Waals surface area contributed by atoms with Gasteiger partial charge in [-0.2, -0.15) is 5.10 Å². The smallest absolute Gasteiger partial charge is 0.159 e. The maximum Gasteiger partial charge on any atom is 0.159 e. The number of aryl methyl sites for hydroxylation is 2. The molecule has 1 aromatic heterocycles. The SMILES string of the molecule is CCS(=O)(=O)[C@@H](C)c1nc(C2CC2)nn1-c1ccc(C)c(C)c1. The van der Waals surface area contributed by atoms with E-state index in [-0.39, 0.29) is 5.75 Å². The van der Waals surface area contributed by atoms with E-state index in [2.05, 4.69) is 17.0 Å². The van der Waals surface area contributed by atoms with Crippen molar-refractivity contribution in [2.24, 2.45) is 0 Å². The van der Waals surface area contributed by atoms with Crippen LogP contribution in [0.5, 0.6) is 0 Å². The molecule has 124 valence electrons. The van der Waals surface area contributed by atoms with Crippen molar-refractivity contribution in [1.82, 2.24) is 14.8 Å². The Morgan fingerprint density at radius 3 is 2.52 bits per heavy atom. The summed E-state index contributed by atoms with van der Waals surface area (Å²) >= 11 is 0.